The SMILES string of the molecule is O=C1NCC(c2ccc(N3CCCC3)nc2)O1. The van der Waals surface area contributed by atoms with E-state index in [0.717, 1.165) is 24.5 Å². The summed E-state index contributed by atoms with van der Waals surface area (Å²) in [5.74, 6) is 1.02. The second kappa shape index (κ2) is 4.24. The summed E-state index contributed by atoms with van der Waals surface area (Å²) >= 11 is 0. The Labute approximate surface area is 99.8 Å². The second-order valence-corrected chi connectivity index (χ2v) is 4.42. The number of ether oxygens (including phenoxy) is 1. The molecular weight excluding hydrogens is 218 g/mol. The van der Waals surface area contributed by atoms with Gasteiger partial charge in [0.25, 0.3) is 0 Å². The molecule has 1 unspecified atom stereocenters. The highest BCUT2D eigenvalue weighted by Crippen LogP contribution is 2.23. The maximum Gasteiger partial charge on any atom is 0.407 e. The Morgan fingerprint density at radius 1 is 1.35 bits per heavy atom. The molecule has 1 aromatic rings. The molecule has 5 nitrogen and oxygen atoms in total. The minimum absolute atomic E-state index is 0.192. The van der Waals surface area contributed by atoms with Crippen LogP contribution in [0.3, 0.4) is 0 Å². The number of carbonyl (C=O) groups is 1. The van der Waals surface area contributed by atoms with Crippen molar-refractivity contribution in [2.45, 2.75) is 18.9 Å². The quantitative estimate of drug-likeness (QED) is 0.840. The Hall–Kier alpha value is -1.78. The Bertz CT molecular complexity index is 412. The molecule has 17 heavy (non-hydrogen) atoms. The number of cyclic esters (lactones) is 1. The van der Waals surface area contributed by atoms with Gasteiger partial charge in [0, 0.05) is 24.8 Å². The molecule has 0 spiro atoms. The fourth-order valence-electron chi connectivity index (χ4n) is 2.30. The molecule has 0 bridgehead atoms. The van der Waals surface area contributed by atoms with Crippen LogP contribution in [0, 0.1) is 0 Å². The van der Waals surface area contributed by atoms with Gasteiger partial charge in [-0.05, 0) is 18.9 Å². The van der Waals surface area contributed by atoms with Crippen LogP contribution in [-0.4, -0.2) is 30.7 Å². The molecule has 1 amide bonds. The number of pyridine rings is 1. The standard InChI is InChI=1S/C12H15N3O2/c16-12-14-8-10(17-12)9-3-4-11(13-7-9)15-5-1-2-6-15/h3-4,7,10H,1-2,5-6,8H2,(H,14,16). The molecule has 2 saturated heterocycles. The number of nitrogens with one attached hydrogen (secondary N) is 1. The lowest BCUT2D eigenvalue weighted by Crippen LogP contribution is -2.19. The molecule has 90 valence electrons. The van der Waals surface area contributed by atoms with E-state index in [1.54, 1.807) is 6.20 Å². The molecule has 1 N–H and O–H groups in total. The van der Waals surface area contributed by atoms with Crippen molar-refractivity contribution in [3.05, 3.63) is 23.9 Å². The van der Waals surface area contributed by atoms with E-state index in [4.69, 9.17) is 4.74 Å². The number of alkyl carbamates (subject to hydrolysis) is 1. The summed E-state index contributed by atoms with van der Waals surface area (Å²) in [6, 6.07) is 4.00. The predicted octanol–water partition coefficient (Wildman–Crippen LogP) is 1.46. The molecule has 3 heterocycles. The largest absolute Gasteiger partial charge is 0.439 e. The first kappa shape index (κ1) is 10.4. The van der Waals surface area contributed by atoms with Gasteiger partial charge in [0.2, 0.25) is 0 Å². The Kier molecular flexibility index (Phi) is 2.59. The monoisotopic (exact) mass is 233 g/mol. The predicted molar refractivity (Wildman–Crippen MR) is 62.9 cm³/mol. The van der Waals surface area contributed by atoms with Crippen molar-refractivity contribution < 1.29 is 9.53 Å². The molecule has 0 aliphatic carbocycles. The van der Waals surface area contributed by atoms with Crippen LogP contribution in [0.2, 0.25) is 0 Å². The maximum absolute atomic E-state index is 10.9. The van der Waals surface area contributed by atoms with Gasteiger partial charge in [-0.1, -0.05) is 6.07 Å². The summed E-state index contributed by atoms with van der Waals surface area (Å²) < 4.78 is 5.11. The zero-order chi connectivity index (χ0) is 11.7. The maximum atomic E-state index is 10.9. The highest BCUT2D eigenvalue weighted by Gasteiger charge is 2.24. The summed E-state index contributed by atoms with van der Waals surface area (Å²) in [5, 5.41) is 2.64. The van der Waals surface area contributed by atoms with Crippen molar-refractivity contribution in [3.63, 3.8) is 0 Å². The zero-order valence-electron chi connectivity index (χ0n) is 9.56. The van der Waals surface area contributed by atoms with Crippen LogP contribution in [-0.2, 0) is 4.74 Å². The number of nitrogens with zero attached hydrogens (tertiary/aromatic N) is 2. The topological polar surface area (TPSA) is 54.5 Å². The minimum atomic E-state index is -0.349. The second-order valence-electron chi connectivity index (χ2n) is 4.42. The normalized spacial score (nSPS) is 23.6. The third-order valence-corrected chi connectivity index (χ3v) is 3.25. The molecule has 0 aromatic carbocycles. The third kappa shape index (κ3) is 2.05. The smallest absolute Gasteiger partial charge is 0.407 e. The number of carbonyl (C=O) groups excluding carboxylic acids is 1. The molecule has 3 rings (SSSR count). The van der Waals surface area contributed by atoms with Crippen molar-refractivity contribution in [1.82, 2.24) is 10.3 Å². The van der Waals surface area contributed by atoms with Crippen molar-refractivity contribution in [3.8, 4) is 0 Å². The van der Waals surface area contributed by atoms with Crippen LogP contribution in [0.4, 0.5) is 10.6 Å². The van der Waals surface area contributed by atoms with Gasteiger partial charge in [-0.15, -0.1) is 0 Å². The van der Waals surface area contributed by atoms with Gasteiger partial charge < -0.3 is 15.0 Å². The molecular formula is C12H15N3O2. The van der Waals surface area contributed by atoms with Crippen LogP contribution in [0.15, 0.2) is 18.3 Å². The van der Waals surface area contributed by atoms with Gasteiger partial charge in [0.15, 0.2) is 0 Å². The Morgan fingerprint density at radius 2 is 2.18 bits per heavy atom. The van der Waals surface area contributed by atoms with Gasteiger partial charge in [-0.3, -0.25) is 0 Å². The fraction of sp³-hybridized carbons (Fsp3) is 0.500. The molecule has 5 heteroatoms. The minimum Gasteiger partial charge on any atom is -0.439 e. The molecule has 2 aliphatic rings. The van der Waals surface area contributed by atoms with Crippen LogP contribution in [0.1, 0.15) is 24.5 Å². The van der Waals surface area contributed by atoms with Crippen LogP contribution in [0.25, 0.3) is 0 Å². The van der Waals surface area contributed by atoms with E-state index in [1.807, 2.05) is 12.1 Å². The first-order valence-corrected chi connectivity index (χ1v) is 5.98. The molecule has 0 saturated carbocycles. The van der Waals surface area contributed by atoms with Crippen LogP contribution < -0.4 is 10.2 Å². The van der Waals surface area contributed by atoms with Gasteiger partial charge in [-0.2, -0.15) is 0 Å². The lowest BCUT2D eigenvalue weighted by atomic mass is 10.1. The van der Waals surface area contributed by atoms with E-state index in [0.29, 0.717) is 6.54 Å². The van der Waals surface area contributed by atoms with Crippen molar-refractivity contribution in [1.29, 1.82) is 0 Å². The van der Waals surface area contributed by atoms with E-state index < -0.39 is 0 Å². The fourth-order valence-corrected chi connectivity index (χ4v) is 2.30. The van der Waals surface area contributed by atoms with Crippen LogP contribution in [0.5, 0.6) is 0 Å². The molecule has 1 atom stereocenters. The highest BCUT2D eigenvalue weighted by molar-refractivity contribution is 5.69. The van der Waals surface area contributed by atoms with E-state index >= 15 is 0 Å². The third-order valence-electron chi connectivity index (χ3n) is 3.25. The highest BCUT2D eigenvalue weighted by atomic mass is 16.6. The average Bonchev–Trinajstić information content (AvgIpc) is 3.00. The number of anilines is 1. The number of amides is 1. The van der Waals surface area contributed by atoms with E-state index in [1.165, 1.54) is 12.8 Å². The van der Waals surface area contributed by atoms with E-state index in [2.05, 4.69) is 15.2 Å². The summed E-state index contributed by atoms with van der Waals surface area (Å²) in [4.78, 5) is 17.7. The average molecular weight is 233 g/mol. The zero-order valence-corrected chi connectivity index (χ0v) is 9.56. The summed E-state index contributed by atoms with van der Waals surface area (Å²) in [5.41, 5.74) is 0.950. The number of rotatable bonds is 2. The van der Waals surface area contributed by atoms with Gasteiger partial charge in [0.1, 0.15) is 11.9 Å². The van der Waals surface area contributed by atoms with Crippen molar-refractivity contribution in [2.24, 2.45) is 0 Å². The first-order chi connectivity index (χ1) is 8.33. The van der Waals surface area contributed by atoms with Crippen molar-refractivity contribution >= 4 is 11.9 Å². The van der Waals surface area contributed by atoms with E-state index in [-0.39, 0.29) is 12.2 Å². The lowest BCUT2D eigenvalue weighted by Gasteiger charge is -2.16. The Balaban J connectivity index is 1.73. The first-order valence-electron chi connectivity index (χ1n) is 5.98. The molecule has 0 radical (unpaired) electrons. The van der Waals surface area contributed by atoms with Gasteiger partial charge >= 0.3 is 6.09 Å². The number of aromatic nitrogens is 1. The van der Waals surface area contributed by atoms with Crippen molar-refractivity contribution in [2.75, 3.05) is 24.5 Å². The van der Waals surface area contributed by atoms with Gasteiger partial charge in [-0.25, -0.2) is 9.78 Å². The van der Waals surface area contributed by atoms with Gasteiger partial charge in [0.05, 0.1) is 6.54 Å². The summed E-state index contributed by atoms with van der Waals surface area (Å²) in [6.07, 6.45) is 3.75. The summed E-state index contributed by atoms with van der Waals surface area (Å²) in [7, 11) is 0. The number of hydrogen-bond acceptors (Lipinski definition) is 4. The van der Waals surface area contributed by atoms with E-state index in [9.17, 15) is 4.79 Å². The summed E-state index contributed by atoms with van der Waals surface area (Å²) in [6.45, 7) is 2.71. The molecule has 2 fully saturated rings. The van der Waals surface area contributed by atoms with Crippen LogP contribution >= 0.6 is 0 Å². The molecule has 2 aliphatic heterocycles. The number of hydrogen-bond donors (Lipinski definition) is 1. The molecule has 1 aromatic heterocycles. The lowest BCUT2D eigenvalue weighted by molar-refractivity contribution is 0.141. The Morgan fingerprint density at radius 3 is 2.76 bits per heavy atom.